The van der Waals surface area contributed by atoms with E-state index in [0.29, 0.717) is 0 Å². The van der Waals surface area contributed by atoms with Crippen LogP contribution in [0.4, 0.5) is 0 Å². The molecular weight excluding hydrogens is 286 g/mol. The van der Waals surface area contributed by atoms with Crippen molar-refractivity contribution in [3.05, 3.63) is 71.9 Å². The van der Waals surface area contributed by atoms with Crippen LogP contribution in [0.2, 0.25) is 0 Å². The van der Waals surface area contributed by atoms with Crippen molar-refractivity contribution in [2.45, 2.75) is 25.0 Å². The molecule has 3 atom stereocenters. The van der Waals surface area contributed by atoms with Crippen molar-refractivity contribution in [2.75, 3.05) is 0 Å². The summed E-state index contributed by atoms with van der Waals surface area (Å²) in [5.41, 5.74) is 5.69. The van der Waals surface area contributed by atoms with Gasteiger partial charge in [0.2, 0.25) is 0 Å². The summed E-state index contributed by atoms with van der Waals surface area (Å²) in [6.45, 7) is 0. The minimum Gasteiger partial charge on any atom is -0.388 e. The molecule has 4 heteroatoms. The third-order valence-corrected chi connectivity index (χ3v) is 5.29. The molecule has 0 bridgehead atoms. The van der Waals surface area contributed by atoms with Crippen molar-refractivity contribution in [3.63, 3.8) is 0 Å². The zero-order chi connectivity index (χ0) is 15.4. The van der Waals surface area contributed by atoms with E-state index >= 15 is 0 Å². The number of aliphatic hydroxyl groups is 1. The lowest BCUT2D eigenvalue weighted by molar-refractivity contribution is 0.0710. The quantitative estimate of drug-likeness (QED) is 0.751. The fourth-order valence-corrected chi connectivity index (χ4v) is 4.26. The number of aliphatic hydroxyl groups excluding tert-OH is 1. The molecule has 5 rings (SSSR count). The number of aryl methyl sites for hydroxylation is 1. The van der Waals surface area contributed by atoms with Gasteiger partial charge in [-0.25, -0.2) is 4.98 Å². The Bertz CT molecular complexity index is 886. The van der Waals surface area contributed by atoms with E-state index < -0.39 is 6.10 Å². The van der Waals surface area contributed by atoms with Crippen LogP contribution < -0.4 is 0 Å². The maximum Gasteiger partial charge on any atom is 0.0956 e. The Balaban J connectivity index is 1.64. The molecule has 4 nitrogen and oxygen atoms in total. The predicted molar refractivity (Wildman–Crippen MR) is 86.8 cm³/mol. The first-order valence-corrected chi connectivity index (χ1v) is 8.07. The minimum absolute atomic E-state index is 0.142. The molecule has 1 N–H and O–H groups in total. The molecule has 0 fully saturated rings. The fourth-order valence-electron chi connectivity index (χ4n) is 4.26. The highest BCUT2D eigenvalue weighted by Gasteiger charge is 2.40. The van der Waals surface area contributed by atoms with Gasteiger partial charge in [-0.3, -0.25) is 4.98 Å². The second-order valence-electron chi connectivity index (χ2n) is 6.40. The normalized spacial score (nSPS) is 24.8. The van der Waals surface area contributed by atoms with Crippen molar-refractivity contribution < 1.29 is 5.11 Å². The number of nitrogens with zero attached hydrogens (tertiary/aromatic N) is 3. The van der Waals surface area contributed by atoms with Crippen LogP contribution >= 0.6 is 0 Å². The van der Waals surface area contributed by atoms with Crippen molar-refractivity contribution in [2.24, 2.45) is 5.92 Å². The zero-order valence-electron chi connectivity index (χ0n) is 12.6. The summed E-state index contributed by atoms with van der Waals surface area (Å²) in [5.74, 6) is 0.142. The van der Waals surface area contributed by atoms with Crippen molar-refractivity contribution in [3.8, 4) is 11.3 Å². The SMILES string of the molecule is OC1c2cccnc2CCC1[C@@H]1c2ccccc2-c2cncn21. The summed E-state index contributed by atoms with van der Waals surface area (Å²) in [4.78, 5) is 8.76. The first-order valence-electron chi connectivity index (χ1n) is 8.07. The molecule has 23 heavy (non-hydrogen) atoms. The van der Waals surface area contributed by atoms with Crippen LogP contribution in [-0.4, -0.2) is 19.6 Å². The molecule has 2 aliphatic rings. The summed E-state index contributed by atoms with van der Waals surface area (Å²) in [6, 6.07) is 12.5. The zero-order valence-corrected chi connectivity index (χ0v) is 12.6. The van der Waals surface area contributed by atoms with Crippen molar-refractivity contribution in [1.82, 2.24) is 14.5 Å². The van der Waals surface area contributed by atoms with Gasteiger partial charge in [-0.15, -0.1) is 0 Å². The number of hydrogen-bond acceptors (Lipinski definition) is 3. The molecule has 3 aromatic rings. The predicted octanol–water partition coefficient (Wildman–Crippen LogP) is 3.14. The summed E-state index contributed by atoms with van der Waals surface area (Å²) >= 11 is 0. The van der Waals surface area contributed by atoms with Crippen LogP contribution in [-0.2, 0) is 6.42 Å². The van der Waals surface area contributed by atoms with Crippen LogP contribution in [0.25, 0.3) is 11.3 Å². The Morgan fingerprint density at radius 1 is 1.09 bits per heavy atom. The number of aromatic nitrogens is 3. The Hall–Kier alpha value is -2.46. The van der Waals surface area contributed by atoms with Gasteiger partial charge in [-0.05, 0) is 24.5 Å². The molecule has 0 radical (unpaired) electrons. The average molecular weight is 303 g/mol. The second-order valence-corrected chi connectivity index (χ2v) is 6.40. The Kier molecular flexibility index (Phi) is 2.70. The Morgan fingerprint density at radius 3 is 2.91 bits per heavy atom. The topological polar surface area (TPSA) is 50.9 Å². The van der Waals surface area contributed by atoms with Gasteiger partial charge >= 0.3 is 0 Å². The molecule has 0 amide bonds. The molecule has 2 unspecified atom stereocenters. The van der Waals surface area contributed by atoms with Crippen LogP contribution in [0.15, 0.2) is 55.1 Å². The highest BCUT2D eigenvalue weighted by atomic mass is 16.3. The highest BCUT2D eigenvalue weighted by molar-refractivity contribution is 5.69. The van der Waals surface area contributed by atoms with Crippen LogP contribution in [0.5, 0.6) is 0 Å². The van der Waals surface area contributed by atoms with Gasteiger partial charge in [0.15, 0.2) is 0 Å². The van der Waals surface area contributed by atoms with Gasteiger partial charge < -0.3 is 9.67 Å². The van der Waals surface area contributed by atoms with Gasteiger partial charge in [0, 0.05) is 28.9 Å². The van der Waals surface area contributed by atoms with E-state index in [1.165, 1.54) is 11.1 Å². The van der Waals surface area contributed by atoms with Gasteiger partial charge in [-0.2, -0.15) is 0 Å². The number of imidazole rings is 1. The minimum atomic E-state index is -0.487. The lowest BCUT2D eigenvalue weighted by Crippen LogP contribution is -2.29. The molecule has 114 valence electrons. The van der Waals surface area contributed by atoms with E-state index in [1.54, 1.807) is 0 Å². The largest absolute Gasteiger partial charge is 0.388 e. The standard InChI is InChI=1S/C19H17N3O/c23-19-14-6-3-9-21-16(14)8-7-15(19)18-13-5-2-1-4-12(13)17-10-20-11-22(17)18/h1-6,9-11,15,18-19,23H,7-8H2/t15?,18-,19?/m0/s1. The van der Waals surface area contributed by atoms with E-state index in [0.717, 1.165) is 29.8 Å². The lowest BCUT2D eigenvalue weighted by atomic mass is 9.77. The monoisotopic (exact) mass is 303 g/mol. The highest BCUT2D eigenvalue weighted by Crippen LogP contribution is 2.49. The van der Waals surface area contributed by atoms with Crippen LogP contribution in [0.1, 0.15) is 35.4 Å². The molecule has 0 saturated carbocycles. The molecule has 1 aliphatic heterocycles. The Morgan fingerprint density at radius 2 is 1.96 bits per heavy atom. The average Bonchev–Trinajstić information content (AvgIpc) is 3.17. The maximum atomic E-state index is 11.0. The van der Waals surface area contributed by atoms with Crippen molar-refractivity contribution in [1.29, 1.82) is 0 Å². The van der Waals surface area contributed by atoms with Gasteiger partial charge in [0.1, 0.15) is 0 Å². The smallest absolute Gasteiger partial charge is 0.0956 e. The van der Waals surface area contributed by atoms with Gasteiger partial charge in [0.05, 0.1) is 30.4 Å². The number of pyridine rings is 1. The number of benzene rings is 1. The molecular formula is C19H17N3O. The summed E-state index contributed by atoms with van der Waals surface area (Å²) in [5, 5.41) is 11.0. The third-order valence-electron chi connectivity index (χ3n) is 5.29. The van der Waals surface area contributed by atoms with Crippen molar-refractivity contribution >= 4 is 0 Å². The molecule has 0 spiro atoms. The Labute approximate surface area is 134 Å². The molecule has 2 aromatic heterocycles. The van der Waals surface area contributed by atoms with E-state index in [4.69, 9.17) is 0 Å². The first-order chi connectivity index (χ1) is 11.3. The molecule has 3 heterocycles. The van der Waals surface area contributed by atoms with Gasteiger partial charge in [0.25, 0.3) is 0 Å². The van der Waals surface area contributed by atoms with E-state index in [2.05, 4.69) is 38.8 Å². The summed E-state index contributed by atoms with van der Waals surface area (Å²) < 4.78 is 2.22. The fraction of sp³-hybridized carbons (Fsp3) is 0.263. The lowest BCUT2D eigenvalue weighted by Gasteiger charge is -2.34. The summed E-state index contributed by atoms with van der Waals surface area (Å²) in [7, 11) is 0. The maximum absolute atomic E-state index is 11.0. The number of hydrogen-bond donors (Lipinski definition) is 1. The van der Waals surface area contributed by atoms with E-state index in [1.807, 2.05) is 30.9 Å². The molecule has 1 aliphatic carbocycles. The molecule has 0 saturated heterocycles. The third kappa shape index (κ3) is 1.75. The number of fused-ring (bicyclic) bond motifs is 4. The second kappa shape index (κ2) is 4.77. The number of rotatable bonds is 1. The summed E-state index contributed by atoms with van der Waals surface area (Å²) in [6.07, 6.45) is 6.99. The van der Waals surface area contributed by atoms with Crippen LogP contribution in [0, 0.1) is 5.92 Å². The first kappa shape index (κ1) is 13.0. The molecule has 1 aromatic carbocycles. The van der Waals surface area contributed by atoms with E-state index in [9.17, 15) is 5.11 Å². The van der Waals surface area contributed by atoms with E-state index in [-0.39, 0.29) is 12.0 Å². The van der Waals surface area contributed by atoms with Gasteiger partial charge in [-0.1, -0.05) is 30.3 Å². The van der Waals surface area contributed by atoms with Crippen LogP contribution in [0.3, 0.4) is 0 Å².